The van der Waals surface area contributed by atoms with Crippen molar-refractivity contribution in [2.45, 2.75) is 32.1 Å². The van der Waals surface area contributed by atoms with Crippen molar-refractivity contribution in [3.8, 4) is 0 Å². The normalized spacial score (nSPS) is 24.8. The van der Waals surface area contributed by atoms with E-state index in [1.165, 1.54) is 76.3 Å². The quantitative estimate of drug-likeness (QED) is 0.744. The molecule has 1 aliphatic heterocycles. The molecule has 0 amide bonds. The molecule has 2 aliphatic rings. The zero-order valence-corrected chi connectivity index (χ0v) is 11.2. The van der Waals surface area contributed by atoms with E-state index < -0.39 is 0 Å². The molecule has 16 heavy (non-hydrogen) atoms. The van der Waals surface area contributed by atoms with E-state index in [-0.39, 0.29) is 0 Å². The Bertz CT molecular complexity index is 155. The molecule has 2 fully saturated rings. The van der Waals surface area contributed by atoms with Crippen molar-refractivity contribution in [2.24, 2.45) is 5.92 Å². The highest BCUT2D eigenvalue weighted by Crippen LogP contribution is 2.22. The lowest BCUT2D eigenvalue weighted by atomic mass is 9.89. The second-order valence-electron chi connectivity index (χ2n) is 5.16. The third-order valence-electron chi connectivity index (χ3n) is 3.87. The van der Waals surface area contributed by atoms with Crippen molar-refractivity contribution in [1.29, 1.82) is 0 Å². The van der Waals surface area contributed by atoms with Gasteiger partial charge >= 0.3 is 0 Å². The van der Waals surface area contributed by atoms with Crippen LogP contribution in [-0.4, -0.2) is 49.1 Å². The highest BCUT2D eigenvalue weighted by molar-refractivity contribution is 7.99. The van der Waals surface area contributed by atoms with Crippen LogP contribution < -0.4 is 5.32 Å². The van der Waals surface area contributed by atoms with E-state index in [2.05, 4.69) is 22.0 Å². The van der Waals surface area contributed by atoms with E-state index in [0.717, 1.165) is 5.92 Å². The summed E-state index contributed by atoms with van der Waals surface area (Å²) in [6.07, 6.45) is 7.34. The van der Waals surface area contributed by atoms with Gasteiger partial charge in [0.25, 0.3) is 0 Å². The minimum atomic E-state index is 0.977. The van der Waals surface area contributed by atoms with E-state index >= 15 is 0 Å². The number of nitrogens with zero attached hydrogens (tertiary/aromatic N) is 1. The number of nitrogens with one attached hydrogen (secondary N) is 1. The van der Waals surface area contributed by atoms with Gasteiger partial charge in [0, 0.05) is 37.7 Å². The predicted octanol–water partition coefficient (Wildman–Crippen LogP) is 2.21. The number of thioether (sulfide) groups is 1. The maximum Gasteiger partial charge on any atom is 0.0107 e. The van der Waals surface area contributed by atoms with E-state index in [0.29, 0.717) is 0 Å². The predicted molar refractivity (Wildman–Crippen MR) is 73.2 cm³/mol. The van der Waals surface area contributed by atoms with Gasteiger partial charge in [0.05, 0.1) is 0 Å². The number of hydrogen-bond acceptors (Lipinski definition) is 3. The molecule has 1 N–H and O–H groups in total. The van der Waals surface area contributed by atoms with Gasteiger partial charge in [-0.1, -0.05) is 19.3 Å². The van der Waals surface area contributed by atoms with Gasteiger partial charge in [-0.3, -0.25) is 0 Å². The summed E-state index contributed by atoms with van der Waals surface area (Å²) in [5, 5.41) is 3.65. The third kappa shape index (κ3) is 4.64. The molecule has 0 aromatic rings. The van der Waals surface area contributed by atoms with Crippen LogP contribution >= 0.6 is 11.8 Å². The Morgan fingerprint density at radius 1 is 1.06 bits per heavy atom. The summed E-state index contributed by atoms with van der Waals surface area (Å²) in [4.78, 5) is 2.60. The van der Waals surface area contributed by atoms with Gasteiger partial charge in [-0.2, -0.15) is 11.8 Å². The molecule has 2 rings (SSSR count). The fourth-order valence-electron chi connectivity index (χ4n) is 2.76. The van der Waals surface area contributed by atoms with E-state index in [1.54, 1.807) is 0 Å². The molecule has 3 heteroatoms. The van der Waals surface area contributed by atoms with Crippen LogP contribution in [0, 0.1) is 5.92 Å². The number of hydrogen-bond donors (Lipinski definition) is 1. The van der Waals surface area contributed by atoms with Crippen LogP contribution in [0.3, 0.4) is 0 Å². The topological polar surface area (TPSA) is 15.3 Å². The Labute approximate surface area is 105 Å². The lowest BCUT2D eigenvalue weighted by Gasteiger charge is -2.27. The fraction of sp³-hybridized carbons (Fsp3) is 1.00. The highest BCUT2D eigenvalue weighted by atomic mass is 32.2. The lowest BCUT2D eigenvalue weighted by Crippen LogP contribution is -2.38. The monoisotopic (exact) mass is 242 g/mol. The Kier molecular flexibility index (Phi) is 6.02. The summed E-state index contributed by atoms with van der Waals surface area (Å²) in [7, 11) is 0. The zero-order chi connectivity index (χ0) is 11.1. The fourth-order valence-corrected chi connectivity index (χ4v) is 3.74. The molecule has 2 nitrogen and oxygen atoms in total. The van der Waals surface area contributed by atoms with Gasteiger partial charge in [-0.25, -0.2) is 0 Å². The Balaban J connectivity index is 1.47. The van der Waals surface area contributed by atoms with Crippen LogP contribution in [0.25, 0.3) is 0 Å². The standard InChI is InChI=1S/C13H26N2S/c1-2-4-13(5-3-1)12-14-6-7-15-8-10-16-11-9-15/h13-14H,1-12H2. The molecule has 1 heterocycles. The first-order valence-corrected chi connectivity index (χ1v) is 8.11. The molecular weight excluding hydrogens is 216 g/mol. The van der Waals surface area contributed by atoms with Gasteiger partial charge in [-0.05, 0) is 25.3 Å². The molecule has 0 spiro atoms. The summed E-state index contributed by atoms with van der Waals surface area (Å²) in [5.74, 6) is 3.65. The second kappa shape index (κ2) is 7.57. The van der Waals surface area contributed by atoms with Crippen molar-refractivity contribution >= 4 is 11.8 Å². The molecule has 0 bridgehead atoms. The van der Waals surface area contributed by atoms with E-state index in [1.807, 2.05) is 0 Å². The molecule has 0 unspecified atom stereocenters. The smallest absolute Gasteiger partial charge is 0.0107 e. The molecule has 1 aliphatic carbocycles. The molecule has 0 aromatic carbocycles. The first-order chi connectivity index (χ1) is 7.95. The number of rotatable bonds is 5. The van der Waals surface area contributed by atoms with Gasteiger partial charge in [0.2, 0.25) is 0 Å². The summed E-state index contributed by atoms with van der Waals surface area (Å²) in [5.41, 5.74) is 0. The van der Waals surface area contributed by atoms with Crippen molar-refractivity contribution < 1.29 is 0 Å². The zero-order valence-electron chi connectivity index (χ0n) is 10.4. The van der Waals surface area contributed by atoms with Gasteiger partial charge in [0.1, 0.15) is 0 Å². The van der Waals surface area contributed by atoms with E-state index in [4.69, 9.17) is 0 Å². The Morgan fingerprint density at radius 3 is 2.56 bits per heavy atom. The molecule has 0 atom stereocenters. The second-order valence-corrected chi connectivity index (χ2v) is 6.39. The summed E-state index contributed by atoms with van der Waals surface area (Å²) in [6, 6.07) is 0. The van der Waals surface area contributed by atoms with Crippen LogP contribution in [0.5, 0.6) is 0 Å². The van der Waals surface area contributed by atoms with Crippen LogP contribution in [0.1, 0.15) is 32.1 Å². The molecule has 0 radical (unpaired) electrons. The van der Waals surface area contributed by atoms with Crippen LogP contribution in [-0.2, 0) is 0 Å². The minimum Gasteiger partial charge on any atom is -0.315 e. The Hall–Kier alpha value is 0.270. The molecule has 0 aromatic heterocycles. The molecule has 94 valence electrons. The van der Waals surface area contributed by atoms with Crippen LogP contribution in [0.2, 0.25) is 0 Å². The first-order valence-electron chi connectivity index (χ1n) is 6.96. The van der Waals surface area contributed by atoms with Crippen LogP contribution in [0.4, 0.5) is 0 Å². The maximum atomic E-state index is 3.65. The van der Waals surface area contributed by atoms with Gasteiger partial charge in [-0.15, -0.1) is 0 Å². The SMILES string of the molecule is C1CCC(CNCCN2CCSCC2)CC1. The summed E-state index contributed by atoms with van der Waals surface area (Å²) < 4.78 is 0. The average molecular weight is 242 g/mol. The van der Waals surface area contributed by atoms with E-state index in [9.17, 15) is 0 Å². The minimum absolute atomic E-state index is 0.977. The maximum absolute atomic E-state index is 3.65. The first kappa shape index (κ1) is 12.7. The van der Waals surface area contributed by atoms with Crippen LogP contribution in [0.15, 0.2) is 0 Å². The van der Waals surface area contributed by atoms with Crippen molar-refractivity contribution in [2.75, 3.05) is 44.2 Å². The molecule has 1 saturated carbocycles. The summed E-state index contributed by atoms with van der Waals surface area (Å²) >= 11 is 2.10. The van der Waals surface area contributed by atoms with Crippen molar-refractivity contribution in [3.63, 3.8) is 0 Å². The largest absolute Gasteiger partial charge is 0.315 e. The average Bonchev–Trinajstić information content (AvgIpc) is 2.37. The lowest BCUT2D eigenvalue weighted by molar-refractivity contribution is 0.288. The highest BCUT2D eigenvalue weighted by Gasteiger charge is 2.13. The van der Waals surface area contributed by atoms with Gasteiger partial charge in [0.15, 0.2) is 0 Å². The van der Waals surface area contributed by atoms with Crippen molar-refractivity contribution in [3.05, 3.63) is 0 Å². The Morgan fingerprint density at radius 2 is 1.81 bits per heavy atom. The molecular formula is C13H26N2S. The van der Waals surface area contributed by atoms with Gasteiger partial charge < -0.3 is 10.2 Å². The molecule has 1 saturated heterocycles. The summed E-state index contributed by atoms with van der Waals surface area (Å²) in [6.45, 7) is 6.32. The van der Waals surface area contributed by atoms with Crippen molar-refractivity contribution in [1.82, 2.24) is 10.2 Å². The third-order valence-corrected chi connectivity index (χ3v) is 4.81.